The highest BCUT2D eigenvalue weighted by atomic mass is 16.4. The predicted molar refractivity (Wildman–Crippen MR) is 70.1 cm³/mol. The second-order valence-electron chi connectivity index (χ2n) is 4.24. The Morgan fingerprint density at radius 2 is 2.00 bits per heavy atom. The maximum atomic E-state index is 10.8. The van der Waals surface area contributed by atoms with E-state index in [2.05, 4.69) is 15.0 Å². The van der Waals surface area contributed by atoms with Crippen LogP contribution in [0, 0.1) is 0 Å². The summed E-state index contributed by atoms with van der Waals surface area (Å²) in [5.74, 6) is -0.101. The Morgan fingerprint density at radius 3 is 2.68 bits per heavy atom. The monoisotopic (exact) mass is 253 g/mol. The molecule has 0 bridgehead atoms. The SMILES string of the molecule is O=C(O)c1ccc(Cc2nc3ncccc3[nH]2)cc1. The molecule has 0 aliphatic carbocycles. The number of hydrogen-bond donors (Lipinski definition) is 2. The second kappa shape index (κ2) is 4.53. The molecule has 0 fully saturated rings. The Labute approximate surface area is 109 Å². The van der Waals surface area contributed by atoms with Crippen molar-refractivity contribution in [1.82, 2.24) is 15.0 Å². The second-order valence-corrected chi connectivity index (χ2v) is 4.24. The summed E-state index contributed by atoms with van der Waals surface area (Å²) in [5.41, 5.74) is 2.89. The third kappa shape index (κ3) is 2.30. The molecule has 3 rings (SSSR count). The van der Waals surface area contributed by atoms with Crippen LogP contribution in [0.15, 0.2) is 42.6 Å². The van der Waals surface area contributed by atoms with Crippen molar-refractivity contribution >= 4 is 17.1 Å². The van der Waals surface area contributed by atoms with E-state index < -0.39 is 5.97 Å². The Balaban J connectivity index is 1.86. The van der Waals surface area contributed by atoms with Gasteiger partial charge in [-0.15, -0.1) is 0 Å². The lowest BCUT2D eigenvalue weighted by Gasteiger charge is -1.99. The summed E-state index contributed by atoms with van der Waals surface area (Å²) in [5, 5.41) is 8.83. The number of aromatic carboxylic acids is 1. The van der Waals surface area contributed by atoms with E-state index in [9.17, 15) is 4.79 Å². The first kappa shape index (κ1) is 11.4. The van der Waals surface area contributed by atoms with Crippen LogP contribution in [0.2, 0.25) is 0 Å². The number of imidazole rings is 1. The van der Waals surface area contributed by atoms with Crippen molar-refractivity contribution in [3.8, 4) is 0 Å². The molecule has 0 saturated heterocycles. The summed E-state index contributed by atoms with van der Waals surface area (Å²) in [6.07, 6.45) is 2.32. The number of carbonyl (C=O) groups is 1. The lowest BCUT2D eigenvalue weighted by Crippen LogP contribution is -1.97. The first-order chi connectivity index (χ1) is 9.22. The van der Waals surface area contributed by atoms with Crippen molar-refractivity contribution in [2.24, 2.45) is 0 Å². The number of pyridine rings is 1. The highest BCUT2D eigenvalue weighted by Gasteiger charge is 2.05. The minimum Gasteiger partial charge on any atom is -0.478 e. The number of H-pyrrole nitrogens is 1. The fraction of sp³-hybridized carbons (Fsp3) is 0.0714. The molecule has 0 atom stereocenters. The summed E-state index contributed by atoms with van der Waals surface area (Å²) < 4.78 is 0. The summed E-state index contributed by atoms with van der Waals surface area (Å²) in [6.45, 7) is 0. The maximum Gasteiger partial charge on any atom is 0.335 e. The van der Waals surface area contributed by atoms with Crippen molar-refractivity contribution in [3.63, 3.8) is 0 Å². The third-order valence-electron chi connectivity index (χ3n) is 2.88. The molecular formula is C14H11N3O2. The van der Waals surface area contributed by atoms with Crippen LogP contribution in [0.1, 0.15) is 21.7 Å². The van der Waals surface area contributed by atoms with Crippen molar-refractivity contribution in [2.45, 2.75) is 6.42 Å². The van der Waals surface area contributed by atoms with Gasteiger partial charge in [-0.25, -0.2) is 14.8 Å². The minimum absolute atomic E-state index is 0.287. The number of aromatic nitrogens is 3. The number of fused-ring (bicyclic) bond motifs is 1. The van der Waals surface area contributed by atoms with Gasteiger partial charge in [0.25, 0.3) is 0 Å². The Morgan fingerprint density at radius 1 is 1.21 bits per heavy atom. The summed E-state index contributed by atoms with van der Waals surface area (Å²) in [7, 11) is 0. The van der Waals surface area contributed by atoms with Gasteiger partial charge in [0, 0.05) is 12.6 Å². The molecule has 94 valence electrons. The zero-order valence-corrected chi connectivity index (χ0v) is 10.00. The average Bonchev–Trinajstić information content (AvgIpc) is 2.81. The smallest absolute Gasteiger partial charge is 0.335 e. The number of benzene rings is 1. The van der Waals surface area contributed by atoms with Gasteiger partial charge in [0.15, 0.2) is 5.65 Å². The van der Waals surface area contributed by atoms with Gasteiger partial charge in [-0.05, 0) is 29.8 Å². The number of aromatic amines is 1. The number of nitrogens with one attached hydrogen (secondary N) is 1. The number of nitrogens with zero attached hydrogens (tertiary/aromatic N) is 2. The molecule has 3 aromatic rings. The lowest BCUT2D eigenvalue weighted by atomic mass is 10.1. The summed E-state index contributed by atoms with van der Waals surface area (Å²) in [6, 6.07) is 10.6. The molecule has 0 saturated carbocycles. The molecule has 2 aromatic heterocycles. The topological polar surface area (TPSA) is 78.9 Å². The van der Waals surface area contributed by atoms with E-state index in [0.717, 1.165) is 16.9 Å². The van der Waals surface area contributed by atoms with Crippen molar-refractivity contribution in [3.05, 3.63) is 59.5 Å². The van der Waals surface area contributed by atoms with E-state index >= 15 is 0 Å². The lowest BCUT2D eigenvalue weighted by molar-refractivity contribution is 0.0697. The van der Waals surface area contributed by atoms with E-state index in [-0.39, 0.29) is 5.56 Å². The third-order valence-corrected chi connectivity index (χ3v) is 2.88. The maximum absolute atomic E-state index is 10.8. The number of carboxylic acids is 1. The molecule has 0 unspecified atom stereocenters. The Kier molecular flexibility index (Phi) is 2.72. The van der Waals surface area contributed by atoms with Gasteiger partial charge in [-0.1, -0.05) is 12.1 Å². The van der Waals surface area contributed by atoms with Crippen LogP contribution in [0.3, 0.4) is 0 Å². The summed E-state index contributed by atoms with van der Waals surface area (Å²) in [4.78, 5) is 22.5. The molecule has 0 radical (unpaired) electrons. The van der Waals surface area contributed by atoms with Crippen LogP contribution >= 0.6 is 0 Å². The van der Waals surface area contributed by atoms with Crippen LogP contribution < -0.4 is 0 Å². The van der Waals surface area contributed by atoms with Crippen LogP contribution in [0.4, 0.5) is 0 Å². The fourth-order valence-electron chi connectivity index (χ4n) is 1.94. The summed E-state index contributed by atoms with van der Waals surface area (Å²) >= 11 is 0. The fourth-order valence-corrected chi connectivity index (χ4v) is 1.94. The Hall–Kier alpha value is -2.69. The van der Waals surface area contributed by atoms with E-state index in [1.54, 1.807) is 30.5 Å². The quantitative estimate of drug-likeness (QED) is 0.750. The van der Waals surface area contributed by atoms with Crippen LogP contribution in [-0.2, 0) is 6.42 Å². The van der Waals surface area contributed by atoms with Crippen molar-refractivity contribution in [2.75, 3.05) is 0 Å². The molecule has 5 nitrogen and oxygen atoms in total. The zero-order chi connectivity index (χ0) is 13.2. The number of hydrogen-bond acceptors (Lipinski definition) is 3. The van der Waals surface area contributed by atoms with Gasteiger partial charge in [0.1, 0.15) is 5.82 Å². The minimum atomic E-state index is -0.917. The normalized spacial score (nSPS) is 10.7. The van der Waals surface area contributed by atoms with Crippen LogP contribution in [0.5, 0.6) is 0 Å². The van der Waals surface area contributed by atoms with Gasteiger partial charge in [-0.3, -0.25) is 0 Å². The van der Waals surface area contributed by atoms with E-state index in [4.69, 9.17) is 5.11 Å². The molecule has 0 spiro atoms. The molecule has 0 amide bonds. The number of rotatable bonds is 3. The van der Waals surface area contributed by atoms with Gasteiger partial charge in [0.05, 0.1) is 11.1 Å². The van der Waals surface area contributed by atoms with Gasteiger partial charge in [-0.2, -0.15) is 0 Å². The molecule has 0 aliphatic heterocycles. The molecule has 19 heavy (non-hydrogen) atoms. The van der Waals surface area contributed by atoms with Gasteiger partial charge in [0.2, 0.25) is 0 Å². The molecular weight excluding hydrogens is 242 g/mol. The van der Waals surface area contributed by atoms with Crippen LogP contribution in [-0.4, -0.2) is 26.0 Å². The first-order valence-electron chi connectivity index (χ1n) is 5.84. The van der Waals surface area contributed by atoms with Crippen molar-refractivity contribution in [1.29, 1.82) is 0 Å². The van der Waals surface area contributed by atoms with Gasteiger partial charge >= 0.3 is 5.97 Å². The van der Waals surface area contributed by atoms with Gasteiger partial charge < -0.3 is 10.1 Å². The molecule has 2 heterocycles. The van der Waals surface area contributed by atoms with Crippen molar-refractivity contribution < 1.29 is 9.90 Å². The molecule has 5 heteroatoms. The highest BCUT2D eigenvalue weighted by molar-refractivity contribution is 5.87. The van der Waals surface area contributed by atoms with E-state index in [1.807, 2.05) is 12.1 Å². The highest BCUT2D eigenvalue weighted by Crippen LogP contribution is 2.12. The standard InChI is InChI=1S/C14H11N3O2/c18-14(19)10-5-3-9(4-6-10)8-12-16-11-2-1-7-15-13(11)17-12/h1-7H,8H2,(H,18,19)(H,15,16,17). The first-order valence-corrected chi connectivity index (χ1v) is 5.84. The molecule has 2 N–H and O–H groups in total. The molecule has 0 aliphatic rings. The van der Waals surface area contributed by atoms with E-state index in [0.29, 0.717) is 12.1 Å². The van der Waals surface area contributed by atoms with Crippen LogP contribution in [0.25, 0.3) is 11.2 Å². The largest absolute Gasteiger partial charge is 0.478 e. The van der Waals surface area contributed by atoms with E-state index in [1.165, 1.54) is 0 Å². The average molecular weight is 253 g/mol. The zero-order valence-electron chi connectivity index (χ0n) is 10.00. The Bertz CT molecular complexity index is 699. The predicted octanol–water partition coefficient (Wildman–Crippen LogP) is 2.25. The number of carboxylic acid groups (broad SMARTS) is 1. The molecule has 1 aromatic carbocycles.